The molecule has 1 aromatic heterocycles. The van der Waals surface area contributed by atoms with Gasteiger partial charge in [0.15, 0.2) is 5.75 Å². The van der Waals surface area contributed by atoms with Crippen LogP contribution in [-0.4, -0.2) is 14.9 Å². The van der Waals surface area contributed by atoms with Crippen molar-refractivity contribution in [2.75, 3.05) is 0 Å². The van der Waals surface area contributed by atoms with Crippen molar-refractivity contribution in [1.82, 2.24) is 9.78 Å². The SMILES string of the molecule is CCCc1nn(CC)c(C(C)C)c1O. The van der Waals surface area contributed by atoms with E-state index >= 15 is 0 Å². The van der Waals surface area contributed by atoms with Gasteiger partial charge in [0, 0.05) is 6.54 Å². The minimum absolute atomic E-state index is 0.327. The highest BCUT2D eigenvalue weighted by molar-refractivity contribution is 5.34. The summed E-state index contributed by atoms with van der Waals surface area (Å²) in [5.41, 5.74) is 1.81. The molecule has 80 valence electrons. The van der Waals surface area contributed by atoms with Gasteiger partial charge in [0.05, 0.1) is 5.69 Å². The van der Waals surface area contributed by atoms with Crippen LogP contribution in [0, 0.1) is 0 Å². The van der Waals surface area contributed by atoms with Gasteiger partial charge >= 0.3 is 0 Å². The minimum atomic E-state index is 0.327. The van der Waals surface area contributed by atoms with Crippen LogP contribution in [0.1, 0.15) is 51.4 Å². The van der Waals surface area contributed by atoms with Gasteiger partial charge in [-0.3, -0.25) is 4.68 Å². The van der Waals surface area contributed by atoms with Crippen molar-refractivity contribution in [1.29, 1.82) is 0 Å². The molecule has 1 rings (SSSR count). The Bertz CT molecular complexity index is 302. The predicted octanol–water partition coefficient (Wildman–Crippen LogP) is 2.68. The molecule has 0 amide bonds. The number of hydrogen-bond acceptors (Lipinski definition) is 2. The number of aryl methyl sites for hydroxylation is 2. The van der Waals surface area contributed by atoms with Crippen LogP contribution < -0.4 is 0 Å². The van der Waals surface area contributed by atoms with Crippen LogP contribution in [0.25, 0.3) is 0 Å². The molecular weight excluding hydrogens is 176 g/mol. The summed E-state index contributed by atoms with van der Waals surface area (Å²) in [7, 11) is 0. The minimum Gasteiger partial charge on any atom is -0.504 e. The summed E-state index contributed by atoms with van der Waals surface area (Å²) in [4.78, 5) is 0. The molecule has 0 aliphatic heterocycles. The molecule has 0 aliphatic carbocycles. The van der Waals surface area contributed by atoms with Crippen LogP contribution in [0.15, 0.2) is 0 Å². The lowest BCUT2D eigenvalue weighted by molar-refractivity contribution is 0.453. The van der Waals surface area contributed by atoms with Crippen molar-refractivity contribution >= 4 is 0 Å². The monoisotopic (exact) mass is 196 g/mol. The summed E-state index contributed by atoms with van der Waals surface area (Å²) in [6, 6.07) is 0. The molecule has 3 nitrogen and oxygen atoms in total. The Labute approximate surface area is 85.8 Å². The zero-order valence-electron chi connectivity index (χ0n) is 9.54. The van der Waals surface area contributed by atoms with Crippen LogP contribution in [0.5, 0.6) is 5.75 Å². The molecule has 3 heteroatoms. The molecule has 0 atom stereocenters. The van der Waals surface area contributed by atoms with E-state index in [1.54, 1.807) is 0 Å². The van der Waals surface area contributed by atoms with Gasteiger partial charge in [0.2, 0.25) is 0 Å². The fraction of sp³-hybridized carbons (Fsp3) is 0.727. The van der Waals surface area contributed by atoms with E-state index in [0.29, 0.717) is 11.7 Å². The fourth-order valence-corrected chi connectivity index (χ4v) is 1.73. The van der Waals surface area contributed by atoms with Gasteiger partial charge in [0.25, 0.3) is 0 Å². The molecule has 0 fully saturated rings. The maximum Gasteiger partial charge on any atom is 0.160 e. The third-order valence-electron chi connectivity index (χ3n) is 2.37. The van der Waals surface area contributed by atoms with Crippen LogP contribution in [0.2, 0.25) is 0 Å². The second kappa shape index (κ2) is 4.49. The van der Waals surface area contributed by atoms with Gasteiger partial charge in [-0.15, -0.1) is 0 Å². The normalized spacial score (nSPS) is 11.2. The molecule has 0 saturated heterocycles. The molecule has 1 aromatic rings. The Kier molecular flexibility index (Phi) is 3.55. The first-order valence-electron chi connectivity index (χ1n) is 5.40. The van der Waals surface area contributed by atoms with E-state index in [1.165, 1.54) is 0 Å². The molecule has 1 N–H and O–H groups in total. The van der Waals surface area contributed by atoms with E-state index in [2.05, 4.69) is 25.9 Å². The van der Waals surface area contributed by atoms with E-state index in [0.717, 1.165) is 30.8 Å². The second-order valence-corrected chi connectivity index (χ2v) is 3.90. The van der Waals surface area contributed by atoms with Gasteiger partial charge in [-0.2, -0.15) is 5.10 Å². The summed E-state index contributed by atoms with van der Waals surface area (Å²) < 4.78 is 1.91. The van der Waals surface area contributed by atoms with Crippen molar-refractivity contribution in [2.45, 2.75) is 53.0 Å². The summed E-state index contributed by atoms with van der Waals surface area (Å²) in [5.74, 6) is 0.733. The molecule has 0 aliphatic rings. The van der Waals surface area contributed by atoms with E-state index in [9.17, 15) is 5.11 Å². The highest BCUT2D eigenvalue weighted by Gasteiger charge is 2.17. The number of rotatable bonds is 4. The lowest BCUT2D eigenvalue weighted by Crippen LogP contribution is -2.04. The molecule has 0 radical (unpaired) electrons. The Balaban J connectivity index is 3.11. The van der Waals surface area contributed by atoms with Crippen LogP contribution >= 0.6 is 0 Å². The van der Waals surface area contributed by atoms with Crippen LogP contribution in [-0.2, 0) is 13.0 Å². The topological polar surface area (TPSA) is 38.0 Å². The van der Waals surface area contributed by atoms with E-state index in [1.807, 2.05) is 11.6 Å². The maximum absolute atomic E-state index is 9.96. The second-order valence-electron chi connectivity index (χ2n) is 3.90. The fourth-order valence-electron chi connectivity index (χ4n) is 1.73. The Morgan fingerprint density at radius 3 is 2.36 bits per heavy atom. The van der Waals surface area contributed by atoms with Crippen LogP contribution in [0.3, 0.4) is 0 Å². The number of aromatic hydroxyl groups is 1. The lowest BCUT2D eigenvalue weighted by atomic mass is 10.1. The van der Waals surface area contributed by atoms with Gasteiger partial charge < -0.3 is 5.11 Å². The summed E-state index contributed by atoms with van der Waals surface area (Å²) in [6.45, 7) is 9.13. The summed E-state index contributed by atoms with van der Waals surface area (Å²) >= 11 is 0. The lowest BCUT2D eigenvalue weighted by Gasteiger charge is -2.07. The first-order chi connectivity index (χ1) is 6.61. The highest BCUT2D eigenvalue weighted by atomic mass is 16.3. The molecule has 14 heavy (non-hydrogen) atoms. The van der Waals surface area contributed by atoms with Gasteiger partial charge in [-0.1, -0.05) is 27.2 Å². The zero-order chi connectivity index (χ0) is 10.7. The van der Waals surface area contributed by atoms with Crippen molar-refractivity contribution in [2.24, 2.45) is 0 Å². The third kappa shape index (κ3) is 1.91. The zero-order valence-corrected chi connectivity index (χ0v) is 9.54. The predicted molar refractivity (Wildman–Crippen MR) is 57.6 cm³/mol. The molecular formula is C11H20N2O. The van der Waals surface area contributed by atoms with Crippen molar-refractivity contribution < 1.29 is 5.11 Å². The third-order valence-corrected chi connectivity index (χ3v) is 2.37. The van der Waals surface area contributed by atoms with E-state index in [4.69, 9.17) is 0 Å². The van der Waals surface area contributed by atoms with Crippen molar-refractivity contribution in [3.05, 3.63) is 11.4 Å². The molecule has 1 heterocycles. The summed E-state index contributed by atoms with van der Waals surface area (Å²) in [6.07, 6.45) is 1.88. The average molecular weight is 196 g/mol. The number of hydrogen-bond donors (Lipinski definition) is 1. The first kappa shape index (κ1) is 11.1. The number of aromatic nitrogens is 2. The molecule has 0 bridgehead atoms. The maximum atomic E-state index is 9.96. The molecule has 0 aromatic carbocycles. The number of nitrogens with zero attached hydrogens (tertiary/aromatic N) is 2. The van der Waals surface area contributed by atoms with Gasteiger partial charge in [0.1, 0.15) is 5.69 Å². The molecule has 0 unspecified atom stereocenters. The Hall–Kier alpha value is -0.990. The molecule has 0 saturated carbocycles. The first-order valence-corrected chi connectivity index (χ1v) is 5.40. The Morgan fingerprint density at radius 1 is 1.36 bits per heavy atom. The highest BCUT2D eigenvalue weighted by Crippen LogP contribution is 2.29. The Morgan fingerprint density at radius 2 is 2.00 bits per heavy atom. The molecule has 0 spiro atoms. The standard InChI is InChI=1S/C11H20N2O/c1-5-7-9-11(14)10(8(3)4)13(6-2)12-9/h8,14H,5-7H2,1-4H3. The van der Waals surface area contributed by atoms with E-state index < -0.39 is 0 Å². The quantitative estimate of drug-likeness (QED) is 0.804. The van der Waals surface area contributed by atoms with E-state index in [-0.39, 0.29) is 0 Å². The van der Waals surface area contributed by atoms with Crippen LogP contribution in [0.4, 0.5) is 0 Å². The van der Waals surface area contributed by atoms with Gasteiger partial charge in [-0.25, -0.2) is 0 Å². The van der Waals surface area contributed by atoms with Crippen molar-refractivity contribution in [3.8, 4) is 5.75 Å². The van der Waals surface area contributed by atoms with Crippen molar-refractivity contribution in [3.63, 3.8) is 0 Å². The smallest absolute Gasteiger partial charge is 0.160 e. The van der Waals surface area contributed by atoms with Gasteiger partial charge in [-0.05, 0) is 19.3 Å². The average Bonchev–Trinajstić information content (AvgIpc) is 2.44. The largest absolute Gasteiger partial charge is 0.504 e. The summed E-state index contributed by atoms with van der Waals surface area (Å²) in [5, 5.41) is 14.4.